The Labute approximate surface area is 214 Å². The van der Waals surface area contributed by atoms with Gasteiger partial charge in [0.1, 0.15) is 18.3 Å². The monoisotopic (exact) mass is 496 g/mol. The predicted octanol–water partition coefficient (Wildman–Crippen LogP) is 5.76. The lowest BCUT2D eigenvalue weighted by Gasteiger charge is -2.37. The lowest BCUT2D eigenvalue weighted by Crippen LogP contribution is -2.52. The van der Waals surface area contributed by atoms with Crippen molar-refractivity contribution in [2.75, 3.05) is 20.8 Å². The van der Waals surface area contributed by atoms with E-state index in [0.717, 1.165) is 16.7 Å². The van der Waals surface area contributed by atoms with Gasteiger partial charge in [-0.3, -0.25) is 0 Å². The van der Waals surface area contributed by atoms with E-state index in [1.807, 2.05) is 97.9 Å². The highest BCUT2D eigenvalue weighted by molar-refractivity contribution is 5.15. The lowest BCUT2D eigenvalue weighted by molar-refractivity contribution is -0.193. The smallest absolute Gasteiger partial charge is 0.152 e. The molecule has 5 nitrogen and oxygen atoms in total. The first-order chi connectivity index (χ1) is 17.6. The van der Waals surface area contributed by atoms with Gasteiger partial charge in [-0.1, -0.05) is 91.0 Å². The number of halogens is 1. The Morgan fingerprint density at radius 2 is 1.00 bits per heavy atom. The minimum Gasteiger partial charge on any atom is -0.382 e. The van der Waals surface area contributed by atoms with Gasteiger partial charge in [0.2, 0.25) is 0 Å². The SMILES string of the molecule is COC[C@H](F)C(OC)C(OCc1ccccc1)C(OCc1ccccc1)[C@H](C)OCc1ccccc1. The molecule has 3 aromatic carbocycles. The Bertz CT molecular complexity index is 957. The Morgan fingerprint density at radius 1 is 0.583 bits per heavy atom. The number of methoxy groups -OCH3 is 2. The van der Waals surface area contributed by atoms with Crippen LogP contribution in [0.5, 0.6) is 0 Å². The molecule has 0 heterocycles. The van der Waals surface area contributed by atoms with Crippen LogP contribution >= 0.6 is 0 Å². The number of alkyl halides is 1. The maximum Gasteiger partial charge on any atom is 0.152 e. The Balaban J connectivity index is 1.85. The molecule has 0 aliphatic rings. The van der Waals surface area contributed by atoms with Gasteiger partial charge in [-0.25, -0.2) is 4.39 Å². The van der Waals surface area contributed by atoms with E-state index in [2.05, 4.69) is 0 Å². The van der Waals surface area contributed by atoms with Crippen LogP contribution in [0.2, 0.25) is 0 Å². The molecule has 0 saturated heterocycles. The molecule has 0 aromatic heterocycles. The highest BCUT2D eigenvalue weighted by Gasteiger charge is 2.40. The fraction of sp³-hybridized carbons (Fsp3) is 0.400. The van der Waals surface area contributed by atoms with Crippen molar-refractivity contribution < 1.29 is 28.1 Å². The van der Waals surface area contributed by atoms with Gasteiger partial charge in [-0.2, -0.15) is 0 Å². The molecule has 6 heteroatoms. The van der Waals surface area contributed by atoms with Crippen LogP contribution in [0, 0.1) is 0 Å². The van der Waals surface area contributed by atoms with Crippen molar-refractivity contribution in [1.29, 1.82) is 0 Å². The van der Waals surface area contributed by atoms with E-state index < -0.39 is 30.6 Å². The molecule has 3 aromatic rings. The fourth-order valence-corrected chi connectivity index (χ4v) is 4.05. The summed E-state index contributed by atoms with van der Waals surface area (Å²) < 4.78 is 45.0. The molecule has 36 heavy (non-hydrogen) atoms. The summed E-state index contributed by atoms with van der Waals surface area (Å²) in [6, 6.07) is 29.5. The molecule has 0 spiro atoms. The van der Waals surface area contributed by atoms with Gasteiger partial charge in [-0.15, -0.1) is 0 Å². The molecule has 3 unspecified atom stereocenters. The molecule has 0 aliphatic heterocycles. The van der Waals surface area contributed by atoms with Crippen LogP contribution in [0.3, 0.4) is 0 Å². The van der Waals surface area contributed by atoms with Crippen molar-refractivity contribution in [2.45, 2.75) is 57.3 Å². The van der Waals surface area contributed by atoms with Crippen LogP contribution in [-0.2, 0) is 43.5 Å². The summed E-state index contributed by atoms with van der Waals surface area (Å²) >= 11 is 0. The average Bonchev–Trinajstić information content (AvgIpc) is 2.92. The van der Waals surface area contributed by atoms with Crippen LogP contribution < -0.4 is 0 Å². The van der Waals surface area contributed by atoms with Crippen molar-refractivity contribution in [3.63, 3.8) is 0 Å². The second-order valence-electron chi connectivity index (χ2n) is 8.70. The van der Waals surface area contributed by atoms with Crippen LogP contribution in [0.1, 0.15) is 23.6 Å². The summed E-state index contributed by atoms with van der Waals surface area (Å²) in [5, 5.41) is 0. The third-order valence-electron chi connectivity index (χ3n) is 5.99. The minimum absolute atomic E-state index is 0.117. The van der Waals surface area contributed by atoms with E-state index >= 15 is 4.39 Å². The molecule has 0 radical (unpaired) electrons. The Kier molecular flexibility index (Phi) is 12.0. The van der Waals surface area contributed by atoms with Crippen molar-refractivity contribution in [3.8, 4) is 0 Å². The van der Waals surface area contributed by atoms with Gasteiger partial charge >= 0.3 is 0 Å². The zero-order valence-corrected chi connectivity index (χ0v) is 21.3. The predicted molar refractivity (Wildman–Crippen MR) is 138 cm³/mol. The summed E-state index contributed by atoms with van der Waals surface area (Å²) in [4.78, 5) is 0. The normalized spacial score (nSPS) is 15.7. The summed E-state index contributed by atoms with van der Waals surface area (Å²) in [7, 11) is 2.95. The molecule has 0 aliphatic carbocycles. The third kappa shape index (κ3) is 8.80. The topological polar surface area (TPSA) is 46.2 Å². The molecule has 5 atom stereocenters. The van der Waals surface area contributed by atoms with Gasteiger partial charge < -0.3 is 23.7 Å². The van der Waals surface area contributed by atoms with Crippen molar-refractivity contribution in [1.82, 2.24) is 0 Å². The summed E-state index contributed by atoms with van der Waals surface area (Å²) in [5.41, 5.74) is 3.01. The molecule has 0 amide bonds. The van der Waals surface area contributed by atoms with E-state index in [4.69, 9.17) is 23.7 Å². The van der Waals surface area contributed by atoms with E-state index in [0.29, 0.717) is 13.2 Å². The molecular weight excluding hydrogens is 459 g/mol. The number of ether oxygens (including phenoxy) is 5. The molecule has 0 fully saturated rings. The van der Waals surface area contributed by atoms with Gasteiger partial charge in [0, 0.05) is 14.2 Å². The first kappa shape index (κ1) is 28.0. The highest BCUT2D eigenvalue weighted by atomic mass is 19.1. The molecule has 0 bridgehead atoms. The van der Waals surface area contributed by atoms with E-state index in [9.17, 15) is 0 Å². The third-order valence-corrected chi connectivity index (χ3v) is 5.99. The number of hydrogen-bond acceptors (Lipinski definition) is 5. The van der Waals surface area contributed by atoms with Crippen LogP contribution in [0.4, 0.5) is 4.39 Å². The molecule has 0 saturated carbocycles. The second kappa shape index (κ2) is 15.5. The van der Waals surface area contributed by atoms with E-state index in [-0.39, 0.29) is 13.2 Å². The summed E-state index contributed by atoms with van der Waals surface area (Å²) in [5.74, 6) is 0. The van der Waals surface area contributed by atoms with Gasteiger partial charge in [0.05, 0.1) is 32.5 Å². The number of benzene rings is 3. The standard InChI is InChI=1S/C30H37FO5/c1-23(34-19-24-13-7-4-8-14-24)28(35-20-25-15-9-5-10-16-25)30(29(33-3)27(31)22-32-2)36-21-26-17-11-6-12-18-26/h4-18,23,27-30H,19-22H2,1-3H3/t23-,27-,28?,29?,30?/m0/s1. The molecule has 0 N–H and O–H groups in total. The molecule has 3 rings (SSSR count). The van der Waals surface area contributed by atoms with E-state index in [1.54, 1.807) is 0 Å². The average molecular weight is 497 g/mol. The Morgan fingerprint density at radius 3 is 1.42 bits per heavy atom. The highest BCUT2D eigenvalue weighted by Crippen LogP contribution is 2.24. The second-order valence-corrected chi connectivity index (χ2v) is 8.70. The minimum atomic E-state index is -1.41. The molecular formula is C30H37FO5. The van der Waals surface area contributed by atoms with Crippen LogP contribution in [0.15, 0.2) is 91.0 Å². The van der Waals surface area contributed by atoms with Crippen molar-refractivity contribution in [2.24, 2.45) is 0 Å². The maximum atomic E-state index is 15.3. The largest absolute Gasteiger partial charge is 0.382 e. The van der Waals surface area contributed by atoms with Crippen molar-refractivity contribution >= 4 is 0 Å². The molecule has 194 valence electrons. The first-order valence-corrected chi connectivity index (χ1v) is 12.2. The van der Waals surface area contributed by atoms with E-state index in [1.165, 1.54) is 14.2 Å². The van der Waals surface area contributed by atoms with Gasteiger partial charge in [0.15, 0.2) is 6.17 Å². The number of hydrogen-bond donors (Lipinski definition) is 0. The van der Waals surface area contributed by atoms with Gasteiger partial charge in [0.25, 0.3) is 0 Å². The summed E-state index contributed by atoms with van der Waals surface area (Å²) in [6.45, 7) is 2.81. The van der Waals surface area contributed by atoms with Gasteiger partial charge in [-0.05, 0) is 23.6 Å². The van der Waals surface area contributed by atoms with Crippen LogP contribution in [-0.4, -0.2) is 51.4 Å². The number of rotatable bonds is 16. The zero-order chi connectivity index (χ0) is 25.6. The van der Waals surface area contributed by atoms with Crippen molar-refractivity contribution in [3.05, 3.63) is 108 Å². The van der Waals surface area contributed by atoms with Crippen LogP contribution in [0.25, 0.3) is 0 Å². The first-order valence-electron chi connectivity index (χ1n) is 12.2. The summed E-state index contributed by atoms with van der Waals surface area (Å²) in [6.07, 6.45) is -4.11. The lowest BCUT2D eigenvalue weighted by atomic mass is 9.99. The maximum absolute atomic E-state index is 15.3. The zero-order valence-electron chi connectivity index (χ0n) is 21.3. The quantitative estimate of drug-likeness (QED) is 0.252. The fourth-order valence-electron chi connectivity index (χ4n) is 4.05. The Hall–Kier alpha value is -2.61.